The Hall–Kier alpha value is -0.500. The quantitative estimate of drug-likeness (QED) is 0.347. The van der Waals surface area contributed by atoms with Crippen LogP contribution in [0.15, 0.2) is 12.3 Å². The van der Waals surface area contributed by atoms with Gasteiger partial charge in [-0.2, -0.15) is 0 Å². The van der Waals surface area contributed by atoms with Crippen LogP contribution in [-0.2, 0) is 4.89 Å². The van der Waals surface area contributed by atoms with Crippen molar-refractivity contribution in [3.8, 4) is 0 Å². The van der Waals surface area contributed by atoms with Crippen molar-refractivity contribution in [1.29, 1.82) is 0 Å². The first-order valence-corrected chi connectivity index (χ1v) is 2.66. The summed E-state index contributed by atoms with van der Waals surface area (Å²) in [6, 6.07) is 0. The third-order valence-corrected chi connectivity index (χ3v) is 0.765. The van der Waals surface area contributed by atoms with E-state index < -0.39 is 0 Å². The SMILES string of the molecule is C=C(CC(C)C)OO. The van der Waals surface area contributed by atoms with E-state index in [2.05, 4.69) is 11.5 Å². The van der Waals surface area contributed by atoms with Crippen LogP contribution < -0.4 is 0 Å². The number of hydrogen-bond donors (Lipinski definition) is 1. The van der Waals surface area contributed by atoms with Gasteiger partial charge < -0.3 is 4.89 Å². The Morgan fingerprint density at radius 1 is 1.75 bits per heavy atom. The summed E-state index contributed by atoms with van der Waals surface area (Å²) in [5.41, 5.74) is 0. The Kier molecular flexibility index (Phi) is 3.28. The van der Waals surface area contributed by atoms with Gasteiger partial charge in [0.25, 0.3) is 0 Å². The van der Waals surface area contributed by atoms with Crippen molar-refractivity contribution in [1.82, 2.24) is 0 Å². The molecule has 0 atom stereocenters. The second kappa shape index (κ2) is 3.50. The molecular weight excluding hydrogens is 104 g/mol. The average molecular weight is 116 g/mol. The Morgan fingerprint density at radius 3 is 2.38 bits per heavy atom. The molecule has 0 unspecified atom stereocenters. The summed E-state index contributed by atoms with van der Waals surface area (Å²) in [6.45, 7) is 7.51. The monoisotopic (exact) mass is 116 g/mol. The molecule has 2 nitrogen and oxygen atoms in total. The van der Waals surface area contributed by atoms with Crippen LogP contribution >= 0.6 is 0 Å². The minimum atomic E-state index is 0.431. The van der Waals surface area contributed by atoms with Gasteiger partial charge in [0.1, 0.15) is 5.76 Å². The van der Waals surface area contributed by atoms with Gasteiger partial charge in [-0.1, -0.05) is 20.4 Å². The molecule has 0 saturated heterocycles. The summed E-state index contributed by atoms with van der Waals surface area (Å²) < 4.78 is 0. The van der Waals surface area contributed by atoms with Gasteiger partial charge in [-0.05, 0) is 5.92 Å². The van der Waals surface area contributed by atoms with Crippen LogP contribution in [-0.4, -0.2) is 5.26 Å². The predicted octanol–water partition coefficient (Wildman–Crippen LogP) is 2.04. The van der Waals surface area contributed by atoms with Crippen molar-refractivity contribution < 1.29 is 10.1 Å². The van der Waals surface area contributed by atoms with E-state index in [1.165, 1.54) is 0 Å². The first kappa shape index (κ1) is 7.50. The normalized spacial score (nSPS) is 9.50. The molecule has 0 aliphatic carbocycles. The third kappa shape index (κ3) is 3.68. The van der Waals surface area contributed by atoms with Gasteiger partial charge in [-0.25, -0.2) is 5.26 Å². The lowest BCUT2D eigenvalue weighted by atomic mass is 10.1. The molecule has 0 aromatic carbocycles. The van der Waals surface area contributed by atoms with Crippen LogP contribution in [0.1, 0.15) is 20.3 Å². The maximum absolute atomic E-state index is 7.98. The molecule has 0 bridgehead atoms. The Morgan fingerprint density at radius 2 is 2.25 bits per heavy atom. The van der Waals surface area contributed by atoms with Crippen LogP contribution in [0.2, 0.25) is 0 Å². The van der Waals surface area contributed by atoms with Gasteiger partial charge in [0.15, 0.2) is 0 Å². The maximum atomic E-state index is 7.98. The molecule has 0 fully saturated rings. The minimum Gasteiger partial charge on any atom is -0.345 e. The molecule has 2 heteroatoms. The standard InChI is InChI=1S/C6H12O2/c1-5(2)4-6(3)8-7/h5,7H,3-4H2,1-2H3. The topological polar surface area (TPSA) is 29.5 Å². The van der Waals surface area contributed by atoms with Crippen LogP contribution in [0, 0.1) is 5.92 Å². The van der Waals surface area contributed by atoms with E-state index >= 15 is 0 Å². The lowest BCUT2D eigenvalue weighted by molar-refractivity contribution is -0.206. The summed E-state index contributed by atoms with van der Waals surface area (Å²) in [4.78, 5) is 3.87. The third-order valence-electron chi connectivity index (χ3n) is 0.765. The summed E-state index contributed by atoms with van der Waals surface area (Å²) >= 11 is 0. The van der Waals surface area contributed by atoms with Gasteiger partial charge in [0, 0.05) is 6.42 Å². The molecule has 0 amide bonds. The Balaban J connectivity index is 3.25. The Labute approximate surface area is 49.7 Å². The number of hydrogen-bond acceptors (Lipinski definition) is 2. The van der Waals surface area contributed by atoms with Crippen LogP contribution in [0.5, 0.6) is 0 Å². The fourth-order valence-corrected chi connectivity index (χ4v) is 0.493. The fourth-order valence-electron chi connectivity index (χ4n) is 0.493. The lowest BCUT2D eigenvalue weighted by Gasteiger charge is -2.02. The predicted molar refractivity (Wildman–Crippen MR) is 32.3 cm³/mol. The molecule has 0 rings (SSSR count). The first-order valence-electron chi connectivity index (χ1n) is 2.66. The van der Waals surface area contributed by atoms with Gasteiger partial charge in [-0.3, -0.25) is 0 Å². The van der Waals surface area contributed by atoms with Gasteiger partial charge in [0.2, 0.25) is 0 Å². The molecule has 0 heterocycles. The van der Waals surface area contributed by atoms with Crippen molar-refractivity contribution in [2.45, 2.75) is 20.3 Å². The van der Waals surface area contributed by atoms with Crippen LogP contribution in [0.25, 0.3) is 0 Å². The minimum absolute atomic E-state index is 0.431. The van der Waals surface area contributed by atoms with E-state index in [4.69, 9.17) is 5.26 Å². The molecule has 0 radical (unpaired) electrons. The van der Waals surface area contributed by atoms with E-state index in [9.17, 15) is 0 Å². The molecule has 1 N–H and O–H groups in total. The van der Waals surface area contributed by atoms with E-state index in [0.29, 0.717) is 11.7 Å². The van der Waals surface area contributed by atoms with Gasteiger partial charge >= 0.3 is 0 Å². The van der Waals surface area contributed by atoms with Crippen molar-refractivity contribution >= 4 is 0 Å². The summed E-state index contributed by atoms with van der Waals surface area (Å²) in [5.74, 6) is 0.926. The zero-order valence-electron chi connectivity index (χ0n) is 5.35. The van der Waals surface area contributed by atoms with Crippen molar-refractivity contribution in [3.05, 3.63) is 12.3 Å². The molecule has 0 aromatic heterocycles. The van der Waals surface area contributed by atoms with Crippen LogP contribution in [0.4, 0.5) is 0 Å². The molecule has 0 saturated carbocycles. The summed E-state index contributed by atoms with van der Waals surface area (Å²) in [6.07, 6.45) is 0.719. The van der Waals surface area contributed by atoms with E-state index in [-0.39, 0.29) is 0 Å². The summed E-state index contributed by atoms with van der Waals surface area (Å²) in [7, 11) is 0. The molecule has 0 spiro atoms. The van der Waals surface area contributed by atoms with E-state index in [1.54, 1.807) is 0 Å². The second-order valence-electron chi connectivity index (χ2n) is 2.23. The van der Waals surface area contributed by atoms with Crippen LogP contribution in [0.3, 0.4) is 0 Å². The van der Waals surface area contributed by atoms with E-state index in [0.717, 1.165) is 6.42 Å². The van der Waals surface area contributed by atoms with Gasteiger partial charge in [-0.15, -0.1) is 0 Å². The lowest BCUT2D eigenvalue weighted by Crippen LogP contribution is -1.91. The van der Waals surface area contributed by atoms with Gasteiger partial charge in [0.05, 0.1) is 0 Å². The maximum Gasteiger partial charge on any atom is 0.135 e. The highest BCUT2D eigenvalue weighted by atomic mass is 17.1. The zero-order chi connectivity index (χ0) is 6.57. The highest BCUT2D eigenvalue weighted by molar-refractivity contribution is 4.80. The zero-order valence-corrected chi connectivity index (χ0v) is 5.35. The molecule has 8 heavy (non-hydrogen) atoms. The van der Waals surface area contributed by atoms with Crippen molar-refractivity contribution in [2.75, 3.05) is 0 Å². The average Bonchev–Trinajstić information content (AvgIpc) is 1.65. The highest BCUT2D eigenvalue weighted by Gasteiger charge is 1.97. The largest absolute Gasteiger partial charge is 0.345 e. The smallest absolute Gasteiger partial charge is 0.135 e. The highest BCUT2D eigenvalue weighted by Crippen LogP contribution is 2.07. The first-order chi connectivity index (χ1) is 3.66. The molecular formula is C6H12O2. The van der Waals surface area contributed by atoms with Crippen molar-refractivity contribution in [2.24, 2.45) is 5.92 Å². The summed E-state index contributed by atoms with van der Waals surface area (Å²) in [5, 5.41) is 7.98. The van der Waals surface area contributed by atoms with Crippen molar-refractivity contribution in [3.63, 3.8) is 0 Å². The number of rotatable bonds is 3. The number of allylic oxidation sites excluding steroid dienone is 1. The van der Waals surface area contributed by atoms with E-state index in [1.807, 2.05) is 13.8 Å². The molecule has 48 valence electrons. The second-order valence-corrected chi connectivity index (χ2v) is 2.23. The molecule has 0 aliphatic rings. The fraction of sp³-hybridized carbons (Fsp3) is 0.667. The Bertz CT molecular complexity index is 76.6. The molecule has 0 aliphatic heterocycles. The molecule has 0 aromatic rings.